The van der Waals surface area contributed by atoms with Crippen LogP contribution in [-0.2, 0) is 0 Å². The van der Waals surface area contributed by atoms with Gasteiger partial charge in [-0.25, -0.2) is 0 Å². The van der Waals surface area contributed by atoms with E-state index in [4.69, 9.17) is 0 Å². The second-order valence-corrected chi connectivity index (χ2v) is 5.97. The van der Waals surface area contributed by atoms with Gasteiger partial charge in [-0.05, 0) is 56.9 Å². The summed E-state index contributed by atoms with van der Waals surface area (Å²) in [5.74, 6) is 1.03. The summed E-state index contributed by atoms with van der Waals surface area (Å²) in [6.45, 7) is 2.42. The molecule has 3 aliphatic rings. The highest BCUT2D eigenvalue weighted by Crippen LogP contribution is 2.57. The highest BCUT2D eigenvalue weighted by molar-refractivity contribution is 5.04. The average Bonchev–Trinajstić information content (AvgIpc) is 2.32. The standard InChI is InChI=1S/C12H21N/c1-9-5-12(6-9)7-10-3-4-11(8-12)13(10)2/h9-11H,3-8H2,1-2H3. The Hall–Kier alpha value is -0.0400. The van der Waals surface area contributed by atoms with Crippen molar-refractivity contribution in [2.75, 3.05) is 7.05 Å². The summed E-state index contributed by atoms with van der Waals surface area (Å²) in [7, 11) is 2.34. The molecule has 0 aromatic carbocycles. The molecular formula is C12H21N. The molecule has 0 aromatic heterocycles. The van der Waals surface area contributed by atoms with Crippen LogP contribution in [0, 0.1) is 11.3 Å². The van der Waals surface area contributed by atoms with E-state index in [1.807, 2.05) is 0 Å². The lowest BCUT2D eigenvalue weighted by Crippen LogP contribution is -2.50. The summed E-state index contributed by atoms with van der Waals surface area (Å²) >= 11 is 0. The van der Waals surface area contributed by atoms with Crippen LogP contribution in [0.4, 0.5) is 0 Å². The predicted octanol–water partition coefficient (Wildman–Crippen LogP) is 2.66. The van der Waals surface area contributed by atoms with Gasteiger partial charge in [0.05, 0.1) is 0 Å². The van der Waals surface area contributed by atoms with Crippen LogP contribution in [0.2, 0.25) is 0 Å². The first kappa shape index (κ1) is 8.28. The number of fused-ring (bicyclic) bond motifs is 2. The lowest BCUT2D eigenvalue weighted by molar-refractivity contribution is -0.0320. The van der Waals surface area contributed by atoms with Crippen LogP contribution in [0.5, 0.6) is 0 Å². The molecule has 0 N–H and O–H groups in total. The Morgan fingerprint density at radius 2 is 1.54 bits per heavy atom. The topological polar surface area (TPSA) is 3.24 Å². The Kier molecular flexibility index (Phi) is 1.59. The van der Waals surface area contributed by atoms with Gasteiger partial charge in [-0.2, -0.15) is 0 Å². The number of piperidine rings is 1. The molecular weight excluding hydrogens is 158 g/mol. The normalized spacial score (nSPS) is 55.4. The van der Waals surface area contributed by atoms with Gasteiger partial charge in [0, 0.05) is 12.1 Å². The van der Waals surface area contributed by atoms with Crippen LogP contribution in [-0.4, -0.2) is 24.0 Å². The summed E-state index contributed by atoms with van der Waals surface area (Å²) in [6.07, 6.45) is 9.07. The first-order chi connectivity index (χ1) is 6.19. The Morgan fingerprint density at radius 1 is 1.00 bits per heavy atom. The third kappa shape index (κ3) is 1.09. The van der Waals surface area contributed by atoms with Crippen molar-refractivity contribution in [2.24, 2.45) is 11.3 Å². The lowest BCUT2D eigenvalue weighted by atomic mass is 9.57. The lowest BCUT2D eigenvalue weighted by Gasteiger charge is -2.54. The summed E-state index contributed by atoms with van der Waals surface area (Å²) in [5, 5.41) is 0. The molecule has 74 valence electrons. The molecule has 0 radical (unpaired) electrons. The highest BCUT2D eigenvalue weighted by Gasteiger charge is 2.51. The fraction of sp³-hybridized carbons (Fsp3) is 1.00. The third-order valence-electron chi connectivity index (χ3n) is 4.89. The number of hydrogen-bond acceptors (Lipinski definition) is 1. The van der Waals surface area contributed by atoms with Crippen molar-refractivity contribution in [2.45, 2.75) is 57.5 Å². The molecule has 1 saturated carbocycles. The monoisotopic (exact) mass is 179 g/mol. The minimum absolute atomic E-state index is 0.817. The minimum atomic E-state index is 0.817. The van der Waals surface area contributed by atoms with E-state index >= 15 is 0 Å². The van der Waals surface area contributed by atoms with Gasteiger partial charge < -0.3 is 4.90 Å². The zero-order valence-electron chi connectivity index (χ0n) is 8.92. The Morgan fingerprint density at radius 3 is 2.00 bits per heavy atom. The van der Waals surface area contributed by atoms with Gasteiger partial charge in [-0.3, -0.25) is 0 Å². The molecule has 3 fully saturated rings. The van der Waals surface area contributed by atoms with E-state index in [0.29, 0.717) is 0 Å². The number of nitrogens with zero attached hydrogens (tertiary/aromatic N) is 1. The quantitative estimate of drug-likeness (QED) is 0.552. The van der Waals surface area contributed by atoms with Gasteiger partial charge >= 0.3 is 0 Å². The summed E-state index contributed by atoms with van der Waals surface area (Å²) in [5.41, 5.74) is 0.817. The van der Waals surface area contributed by atoms with E-state index in [9.17, 15) is 0 Å². The van der Waals surface area contributed by atoms with Crippen LogP contribution < -0.4 is 0 Å². The third-order valence-corrected chi connectivity index (χ3v) is 4.89. The first-order valence-electron chi connectivity index (χ1n) is 5.90. The molecule has 3 rings (SSSR count). The van der Waals surface area contributed by atoms with Gasteiger partial charge in [0.25, 0.3) is 0 Å². The molecule has 0 aromatic rings. The Labute approximate surface area is 81.5 Å². The van der Waals surface area contributed by atoms with Gasteiger partial charge in [0.15, 0.2) is 0 Å². The maximum absolute atomic E-state index is 2.66. The molecule has 2 saturated heterocycles. The molecule has 13 heavy (non-hydrogen) atoms. The summed E-state index contributed by atoms with van der Waals surface area (Å²) in [6, 6.07) is 1.90. The maximum atomic E-state index is 2.66. The molecule has 2 bridgehead atoms. The van der Waals surface area contributed by atoms with Crippen LogP contribution in [0.15, 0.2) is 0 Å². The van der Waals surface area contributed by atoms with Crippen molar-refractivity contribution < 1.29 is 0 Å². The van der Waals surface area contributed by atoms with Crippen LogP contribution in [0.3, 0.4) is 0 Å². The Balaban J connectivity index is 1.76. The first-order valence-corrected chi connectivity index (χ1v) is 5.90. The van der Waals surface area contributed by atoms with E-state index < -0.39 is 0 Å². The number of rotatable bonds is 0. The van der Waals surface area contributed by atoms with Crippen molar-refractivity contribution >= 4 is 0 Å². The highest BCUT2D eigenvalue weighted by atomic mass is 15.2. The van der Waals surface area contributed by atoms with Crippen molar-refractivity contribution in [3.05, 3.63) is 0 Å². The molecule has 2 atom stereocenters. The van der Waals surface area contributed by atoms with Gasteiger partial charge in [0.1, 0.15) is 0 Å². The maximum Gasteiger partial charge on any atom is 0.0101 e. The van der Waals surface area contributed by atoms with Crippen LogP contribution in [0.25, 0.3) is 0 Å². The molecule has 0 amide bonds. The van der Waals surface area contributed by atoms with Gasteiger partial charge in [0.2, 0.25) is 0 Å². The second kappa shape index (κ2) is 2.50. The van der Waals surface area contributed by atoms with Crippen molar-refractivity contribution in [3.63, 3.8) is 0 Å². The van der Waals surface area contributed by atoms with E-state index in [1.54, 1.807) is 0 Å². The minimum Gasteiger partial charge on any atom is -0.300 e. The fourth-order valence-electron chi connectivity index (χ4n) is 4.42. The summed E-state index contributed by atoms with van der Waals surface area (Å²) in [4.78, 5) is 2.66. The van der Waals surface area contributed by atoms with Crippen molar-refractivity contribution in [3.8, 4) is 0 Å². The molecule has 1 heteroatoms. The summed E-state index contributed by atoms with van der Waals surface area (Å²) < 4.78 is 0. The zero-order valence-corrected chi connectivity index (χ0v) is 8.92. The molecule has 2 unspecified atom stereocenters. The largest absolute Gasteiger partial charge is 0.300 e. The molecule has 1 spiro atoms. The van der Waals surface area contributed by atoms with E-state index in [0.717, 1.165) is 23.4 Å². The second-order valence-electron chi connectivity index (χ2n) is 5.97. The molecule has 2 aliphatic heterocycles. The molecule has 1 aliphatic carbocycles. The number of hydrogen-bond donors (Lipinski definition) is 0. The van der Waals surface area contributed by atoms with Crippen molar-refractivity contribution in [1.82, 2.24) is 4.90 Å². The van der Waals surface area contributed by atoms with E-state index in [-0.39, 0.29) is 0 Å². The average molecular weight is 179 g/mol. The van der Waals surface area contributed by atoms with Crippen molar-refractivity contribution in [1.29, 1.82) is 0 Å². The van der Waals surface area contributed by atoms with Crippen LogP contribution >= 0.6 is 0 Å². The molecule has 2 heterocycles. The fourth-order valence-corrected chi connectivity index (χ4v) is 4.42. The van der Waals surface area contributed by atoms with Crippen LogP contribution in [0.1, 0.15) is 45.4 Å². The van der Waals surface area contributed by atoms with Gasteiger partial charge in [-0.1, -0.05) is 6.92 Å². The Bertz CT molecular complexity index is 201. The smallest absolute Gasteiger partial charge is 0.0101 e. The zero-order chi connectivity index (χ0) is 9.05. The predicted molar refractivity (Wildman–Crippen MR) is 54.6 cm³/mol. The van der Waals surface area contributed by atoms with E-state index in [1.165, 1.54) is 38.5 Å². The SMILES string of the molecule is CC1CC2(C1)CC1CCC(C2)N1C. The molecule has 1 nitrogen and oxygen atoms in total. The van der Waals surface area contributed by atoms with Gasteiger partial charge in [-0.15, -0.1) is 0 Å². The van der Waals surface area contributed by atoms with E-state index in [2.05, 4.69) is 18.9 Å².